The summed E-state index contributed by atoms with van der Waals surface area (Å²) < 4.78 is 0. The molecule has 4 heteroatoms. The number of aromatic nitrogens is 1. The maximum atomic E-state index is 10.7. The molecule has 0 aliphatic rings. The number of nitrogens with zero attached hydrogens (tertiary/aromatic N) is 1. The molecule has 1 rings (SSSR count). The van der Waals surface area contributed by atoms with Gasteiger partial charge < -0.3 is 10.4 Å². The molecule has 17 heavy (non-hydrogen) atoms. The average Bonchev–Trinajstić information content (AvgIpc) is 2.29. The fourth-order valence-corrected chi connectivity index (χ4v) is 1.59. The zero-order chi connectivity index (χ0) is 12.9. The summed E-state index contributed by atoms with van der Waals surface area (Å²) in [5.41, 5.74) is 1.17. The van der Waals surface area contributed by atoms with Gasteiger partial charge in [-0.3, -0.25) is 9.78 Å². The summed E-state index contributed by atoms with van der Waals surface area (Å²) in [5, 5.41) is 12.0. The first kappa shape index (κ1) is 13.6. The minimum absolute atomic E-state index is 0.0266. The van der Waals surface area contributed by atoms with Crippen molar-refractivity contribution in [1.29, 1.82) is 0 Å². The number of pyridine rings is 1. The SMILES string of the molecule is CC(CNCC(C)(C)c1ccncc1)C(=O)O. The second-order valence-electron chi connectivity index (χ2n) is 4.99. The Morgan fingerprint density at radius 3 is 2.59 bits per heavy atom. The molecule has 1 atom stereocenters. The highest BCUT2D eigenvalue weighted by Crippen LogP contribution is 2.21. The molecule has 0 fully saturated rings. The van der Waals surface area contributed by atoms with Gasteiger partial charge in [0.2, 0.25) is 0 Å². The molecule has 0 saturated carbocycles. The fourth-order valence-electron chi connectivity index (χ4n) is 1.59. The van der Waals surface area contributed by atoms with Crippen LogP contribution in [-0.2, 0) is 10.2 Å². The first-order valence-corrected chi connectivity index (χ1v) is 5.77. The Balaban J connectivity index is 2.48. The lowest BCUT2D eigenvalue weighted by Crippen LogP contribution is -2.36. The Morgan fingerprint density at radius 1 is 1.47 bits per heavy atom. The zero-order valence-corrected chi connectivity index (χ0v) is 10.6. The maximum Gasteiger partial charge on any atom is 0.307 e. The van der Waals surface area contributed by atoms with Gasteiger partial charge in [-0.05, 0) is 17.7 Å². The lowest BCUT2D eigenvalue weighted by Gasteiger charge is -2.26. The molecule has 2 N–H and O–H groups in total. The van der Waals surface area contributed by atoms with Crippen molar-refractivity contribution in [3.8, 4) is 0 Å². The summed E-state index contributed by atoms with van der Waals surface area (Å²) >= 11 is 0. The van der Waals surface area contributed by atoms with Gasteiger partial charge in [0.25, 0.3) is 0 Å². The standard InChI is InChI=1S/C13H20N2O2/c1-10(12(16)17)8-15-9-13(2,3)11-4-6-14-7-5-11/h4-7,10,15H,8-9H2,1-3H3,(H,16,17). The smallest absolute Gasteiger partial charge is 0.307 e. The predicted molar refractivity (Wildman–Crippen MR) is 66.9 cm³/mol. The second-order valence-corrected chi connectivity index (χ2v) is 4.99. The van der Waals surface area contributed by atoms with Crippen LogP contribution in [0.2, 0.25) is 0 Å². The molecule has 1 aromatic heterocycles. The first-order valence-electron chi connectivity index (χ1n) is 5.77. The van der Waals surface area contributed by atoms with Gasteiger partial charge in [-0.25, -0.2) is 0 Å². The van der Waals surface area contributed by atoms with Crippen LogP contribution in [0.4, 0.5) is 0 Å². The maximum absolute atomic E-state index is 10.7. The van der Waals surface area contributed by atoms with Crippen LogP contribution in [-0.4, -0.2) is 29.1 Å². The summed E-state index contributed by atoms with van der Waals surface area (Å²) in [5.74, 6) is -1.12. The molecular weight excluding hydrogens is 216 g/mol. The monoisotopic (exact) mass is 236 g/mol. The van der Waals surface area contributed by atoms with Crippen LogP contribution in [0.15, 0.2) is 24.5 Å². The van der Waals surface area contributed by atoms with Gasteiger partial charge in [0, 0.05) is 30.9 Å². The number of aliphatic carboxylic acids is 1. The van der Waals surface area contributed by atoms with E-state index in [0.29, 0.717) is 6.54 Å². The fraction of sp³-hybridized carbons (Fsp3) is 0.538. The summed E-state index contributed by atoms with van der Waals surface area (Å²) in [6, 6.07) is 3.98. The van der Waals surface area contributed by atoms with E-state index in [0.717, 1.165) is 6.54 Å². The van der Waals surface area contributed by atoms with Gasteiger partial charge >= 0.3 is 5.97 Å². The molecule has 0 aliphatic heterocycles. The summed E-state index contributed by atoms with van der Waals surface area (Å²) in [6.07, 6.45) is 3.55. The molecule has 0 amide bonds. The van der Waals surface area contributed by atoms with Gasteiger partial charge in [0.15, 0.2) is 0 Å². The molecule has 1 heterocycles. The van der Waals surface area contributed by atoms with Crippen molar-refractivity contribution in [2.75, 3.05) is 13.1 Å². The van der Waals surface area contributed by atoms with E-state index in [4.69, 9.17) is 5.11 Å². The van der Waals surface area contributed by atoms with Crippen molar-refractivity contribution >= 4 is 5.97 Å². The average molecular weight is 236 g/mol. The molecule has 0 radical (unpaired) electrons. The van der Waals surface area contributed by atoms with Crippen LogP contribution in [0.1, 0.15) is 26.3 Å². The van der Waals surface area contributed by atoms with Gasteiger partial charge in [-0.2, -0.15) is 0 Å². The molecule has 0 saturated heterocycles. The van der Waals surface area contributed by atoms with E-state index >= 15 is 0 Å². The lowest BCUT2D eigenvalue weighted by molar-refractivity contribution is -0.140. The van der Waals surface area contributed by atoms with Crippen molar-refractivity contribution < 1.29 is 9.90 Å². The summed E-state index contributed by atoms with van der Waals surface area (Å²) in [4.78, 5) is 14.7. The number of hydrogen-bond acceptors (Lipinski definition) is 3. The van der Waals surface area contributed by atoms with E-state index in [1.54, 1.807) is 19.3 Å². The number of carboxylic acids is 1. The van der Waals surface area contributed by atoms with Gasteiger partial charge in [0.05, 0.1) is 5.92 Å². The quantitative estimate of drug-likeness (QED) is 0.788. The van der Waals surface area contributed by atoms with Gasteiger partial charge in [0.1, 0.15) is 0 Å². The van der Waals surface area contributed by atoms with E-state index in [1.807, 2.05) is 12.1 Å². The third-order valence-electron chi connectivity index (χ3n) is 2.90. The van der Waals surface area contributed by atoms with Crippen LogP contribution in [0.25, 0.3) is 0 Å². The molecule has 0 aliphatic carbocycles. The van der Waals surface area contributed by atoms with Crippen LogP contribution in [0.3, 0.4) is 0 Å². The molecule has 0 bridgehead atoms. The highest BCUT2D eigenvalue weighted by atomic mass is 16.4. The number of hydrogen-bond donors (Lipinski definition) is 2. The Kier molecular flexibility index (Phi) is 4.63. The minimum atomic E-state index is -0.765. The van der Waals surface area contributed by atoms with Gasteiger partial charge in [-0.15, -0.1) is 0 Å². The van der Waals surface area contributed by atoms with E-state index in [2.05, 4.69) is 24.1 Å². The first-order chi connectivity index (χ1) is 7.93. The molecule has 1 aromatic rings. The van der Waals surface area contributed by atoms with E-state index < -0.39 is 5.97 Å². The highest BCUT2D eigenvalue weighted by molar-refractivity contribution is 5.69. The summed E-state index contributed by atoms with van der Waals surface area (Å²) in [6.45, 7) is 7.19. The Morgan fingerprint density at radius 2 is 2.06 bits per heavy atom. The van der Waals surface area contributed by atoms with E-state index in [9.17, 15) is 4.79 Å². The number of carbonyl (C=O) groups is 1. The van der Waals surface area contributed by atoms with Crippen LogP contribution >= 0.6 is 0 Å². The normalized spacial score (nSPS) is 13.4. The number of nitrogens with one attached hydrogen (secondary N) is 1. The third kappa shape index (κ3) is 4.15. The lowest BCUT2D eigenvalue weighted by atomic mass is 9.85. The van der Waals surface area contributed by atoms with E-state index in [1.165, 1.54) is 5.56 Å². The van der Waals surface area contributed by atoms with E-state index in [-0.39, 0.29) is 11.3 Å². The molecule has 1 unspecified atom stereocenters. The molecule has 4 nitrogen and oxygen atoms in total. The molecule has 94 valence electrons. The number of carboxylic acid groups (broad SMARTS) is 1. The van der Waals surface area contributed by atoms with Gasteiger partial charge in [-0.1, -0.05) is 20.8 Å². The third-order valence-corrected chi connectivity index (χ3v) is 2.90. The zero-order valence-electron chi connectivity index (χ0n) is 10.6. The largest absolute Gasteiger partial charge is 0.481 e. The molecule has 0 aromatic carbocycles. The van der Waals surface area contributed by atoms with Crippen molar-refractivity contribution in [2.45, 2.75) is 26.2 Å². The Hall–Kier alpha value is -1.42. The van der Waals surface area contributed by atoms with Crippen molar-refractivity contribution in [3.05, 3.63) is 30.1 Å². The predicted octanol–water partition coefficient (Wildman–Crippen LogP) is 1.67. The molecule has 0 spiro atoms. The van der Waals surface area contributed by atoms with Crippen molar-refractivity contribution in [3.63, 3.8) is 0 Å². The molecular formula is C13H20N2O2. The minimum Gasteiger partial charge on any atom is -0.481 e. The van der Waals surface area contributed by atoms with Crippen LogP contribution in [0.5, 0.6) is 0 Å². The Labute approximate surface area is 102 Å². The second kappa shape index (κ2) is 5.77. The van der Waals surface area contributed by atoms with Crippen molar-refractivity contribution in [2.24, 2.45) is 5.92 Å². The van der Waals surface area contributed by atoms with Crippen LogP contribution in [0, 0.1) is 5.92 Å². The topological polar surface area (TPSA) is 62.2 Å². The van der Waals surface area contributed by atoms with Crippen LogP contribution < -0.4 is 5.32 Å². The van der Waals surface area contributed by atoms with Crippen molar-refractivity contribution in [1.82, 2.24) is 10.3 Å². The highest BCUT2D eigenvalue weighted by Gasteiger charge is 2.20. The summed E-state index contributed by atoms with van der Waals surface area (Å²) in [7, 11) is 0. The Bertz CT molecular complexity index is 363. The number of rotatable bonds is 6.